The molecule has 1 aromatic carbocycles. The fraction of sp³-hybridized carbons (Fsp3) is 0.394. The molecule has 1 atom stereocenters. The monoisotopic (exact) mass is 578 g/mol. The maximum absolute atomic E-state index is 12.0. The van der Waals surface area contributed by atoms with Crippen molar-refractivity contribution in [1.82, 2.24) is 29.7 Å². The van der Waals surface area contributed by atoms with Crippen LogP contribution in [0.15, 0.2) is 61.3 Å². The van der Waals surface area contributed by atoms with Crippen molar-refractivity contribution in [2.24, 2.45) is 0 Å². The van der Waals surface area contributed by atoms with Crippen molar-refractivity contribution in [1.29, 1.82) is 0 Å². The number of aryl methyl sites for hydroxylation is 1. The third-order valence-corrected chi connectivity index (χ3v) is 9.00. The normalized spacial score (nSPS) is 19.4. The van der Waals surface area contributed by atoms with Gasteiger partial charge in [-0.1, -0.05) is 12.6 Å². The number of fused-ring (bicyclic) bond motifs is 2. The molecule has 3 aromatic heterocycles. The number of carbonyl (C=O) groups is 1. The first kappa shape index (κ1) is 27.5. The number of nitrogen functional groups attached to an aromatic ring is 1. The standard InChI is InChI=1S/C33H38N8O2/c1-2-30(42)40-16-12-23(13-17-40)36-27-9-6-22-21-24(7-8-25(22)27)41-32(26-5-3-14-35-31(26)34)37-28-10-11-29(38-33(28)41)39-15-4-19-43-20-18-39/h2-3,5,7-8,10-11,14,21,23,27,36H,1,4,6,9,12-13,15-20H2,(H2,34,35). The quantitative estimate of drug-likeness (QED) is 0.330. The van der Waals surface area contributed by atoms with Gasteiger partial charge in [0.15, 0.2) is 11.5 Å². The average Bonchev–Trinajstić information content (AvgIpc) is 3.49. The van der Waals surface area contributed by atoms with E-state index >= 15 is 0 Å². The number of imidazole rings is 1. The molecule has 7 rings (SSSR count). The minimum atomic E-state index is 0.0266. The third-order valence-electron chi connectivity index (χ3n) is 9.00. The molecule has 1 unspecified atom stereocenters. The SMILES string of the molecule is C=CC(=O)N1CCC(NC2CCc3cc(-n4c(-c5cccnc5N)nc5ccc(N6CCCOCC6)nc54)ccc32)CC1. The second kappa shape index (κ2) is 11.8. The van der Waals surface area contributed by atoms with Gasteiger partial charge in [0.25, 0.3) is 0 Å². The molecule has 222 valence electrons. The van der Waals surface area contributed by atoms with Crippen molar-refractivity contribution < 1.29 is 9.53 Å². The van der Waals surface area contributed by atoms with Gasteiger partial charge in [-0.05, 0) is 85.7 Å². The summed E-state index contributed by atoms with van der Waals surface area (Å²) in [7, 11) is 0. The number of pyridine rings is 2. The van der Waals surface area contributed by atoms with Crippen LogP contribution < -0.4 is 16.0 Å². The zero-order valence-electron chi connectivity index (χ0n) is 24.4. The fourth-order valence-electron chi connectivity index (χ4n) is 6.73. The Labute approximate surface area is 251 Å². The first-order valence-electron chi connectivity index (χ1n) is 15.3. The lowest BCUT2D eigenvalue weighted by Gasteiger charge is -2.33. The first-order chi connectivity index (χ1) is 21.1. The van der Waals surface area contributed by atoms with Gasteiger partial charge in [0.1, 0.15) is 17.2 Å². The predicted octanol–water partition coefficient (Wildman–Crippen LogP) is 4.05. The van der Waals surface area contributed by atoms with Gasteiger partial charge in [-0.2, -0.15) is 0 Å². The number of carbonyl (C=O) groups excluding carboxylic acids is 1. The molecule has 2 aliphatic heterocycles. The van der Waals surface area contributed by atoms with Crippen LogP contribution in [0.1, 0.15) is 42.9 Å². The zero-order chi connectivity index (χ0) is 29.3. The molecule has 0 bridgehead atoms. The van der Waals surface area contributed by atoms with Crippen LogP contribution in [-0.4, -0.2) is 75.8 Å². The minimum Gasteiger partial charge on any atom is -0.383 e. The summed E-state index contributed by atoms with van der Waals surface area (Å²) >= 11 is 0. The maximum Gasteiger partial charge on any atom is 0.245 e. The minimum absolute atomic E-state index is 0.0266. The average molecular weight is 579 g/mol. The molecule has 43 heavy (non-hydrogen) atoms. The molecule has 0 spiro atoms. The van der Waals surface area contributed by atoms with Crippen molar-refractivity contribution in [2.75, 3.05) is 50.0 Å². The number of hydrogen-bond acceptors (Lipinski definition) is 8. The van der Waals surface area contributed by atoms with Crippen LogP contribution in [-0.2, 0) is 16.0 Å². The molecule has 5 heterocycles. The van der Waals surface area contributed by atoms with Crippen LogP contribution in [0, 0.1) is 0 Å². The second-order valence-corrected chi connectivity index (χ2v) is 11.6. The summed E-state index contributed by atoms with van der Waals surface area (Å²) in [5, 5.41) is 3.89. The van der Waals surface area contributed by atoms with Crippen molar-refractivity contribution in [3.63, 3.8) is 0 Å². The molecular formula is C33H38N8O2. The molecule has 10 nitrogen and oxygen atoms in total. The summed E-state index contributed by atoms with van der Waals surface area (Å²) in [5.74, 6) is 2.13. The first-order valence-corrected chi connectivity index (χ1v) is 15.3. The van der Waals surface area contributed by atoms with Crippen LogP contribution in [0.5, 0.6) is 0 Å². The second-order valence-electron chi connectivity index (χ2n) is 11.6. The van der Waals surface area contributed by atoms with E-state index in [1.165, 1.54) is 17.2 Å². The number of anilines is 2. The summed E-state index contributed by atoms with van der Waals surface area (Å²) in [6.45, 7) is 8.37. The Balaban J connectivity index is 1.22. The van der Waals surface area contributed by atoms with Crippen molar-refractivity contribution in [3.05, 3.63) is 72.4 Å². The number of rotatable bonds is 6. The number of hydrogen-bond donors (Lipinski definition) is 2. The highest BCUT2D eigenvalue weighted by Gasteiger charge is 2.29. The van der Waals surface area contributed by atoms with Crippen molar-refractivity contribution >= 4 is 28.7 Å². The number of nitrogens with zero attached hydrogens (tertiary/aromatic N) is 6. The lowest BCUT2D eigenvalue weighted by atomic mass is 10.0. The number of piperidine rings is 1. The smallest absolute Gasteiger partial charge is 0.245 e. The van der Waals surface area contributed by atoms with Gasteiger partial charge in [-0.3, -0.25) is 9.36 Å². The van der Waals surface area contributed by atoms with Crippen LogP contribution >= 0.6 is 0 Å². The topological polar surface area (TPSA) is 114 Å². The van der Waals surface area contributed by atoms with Gasteiger partial charge in [-0.15, -0.1) is 0 Å². The van der Waals surface area contributed by atoms with E-state index in [-0.39, 0.29) is 5.91 Å². The highest BCUT2D eigenvalue weighted by Crippen LogP contribution is 2.37. The van der Waals surface area contributed by atoms with E-state index in [2.05, 4.69) is 56.7 Å². The van der Waals surface area contributed by atoms with Gasteiger partial charge in [0, 0.05) is 56.8 Å². The van der Waals surface area contributed by atoms with E-state index < -0.39 is 0 Å². The van der Waals surface area contributed by atoms with Gasteiger partial charge in [0.2, 0.25) is 5.91 Å². The van der Waals surface area contributed by atoms with Crippen LogP contribution in [0.3, 0.4) is 0 Å². The molecule has 0 radical (unpaired) electrons. The number of ether oxygens (including phenoxy) is 1. The molecule has 2 fully saturated rings. The predicted molar refractivity (Wildman–Crippen MR) is 168 cm³/mol. The van der Waals surface area contributed by atoms with Gasteiger partial charge < -0.3 is 25.6 Å². The Kier molecular flexibility index (Phi) is 7.54. The van der Waals surface area contributed by atoms with Crippen molar-refractivity contribution in [2.45, 2.75) is 44.2 Å². The number of nitrogens with two attached hydrogens (primary N) is 1. The number of nitrogens with one attached hydrogen (secondary N) is 1. The van der Waals surface area contributed by atoms with Crippen LogP contribution in [0.25, 0.3) is 28.2 Å². The van der Waals surface area contributed by atoms with Crippen LogP contribution in [0.4, 0.5) is 11.6 Å². The van der Waals surface area contributed by atoms with Crippen molar-refractivity contribution in [3.8, 4) is 17.1 Å². The summed E-state index contributed by atoms with van der Waals surface area (Å²) < 4.78 is 7.82. The zero-order valence-corrected chi connectivity index (χ0v) is 24.4. The Morgan fingerprint density at radius 2 is 1.93 bits per heavy atom. The van der Waals surface area contributed by atoms with E-state index in [1.54, 1.807) is 6.20 Å². The van der Waals surface area contributed by atoms with Gasteiger partial charge in [-0.25, -0.2) is 15.0 Å². The molecule has 1 aliphatic carbocycles. The largest absolute Gasteiger partial charge is 0.383 e. The summed E-state index contributed by atoms with van der Waals surface area (Å²) in [6.07, 6.45) is 8.05. The summed E-state index contributed by atoms with van der Waals surface area (Å²) in [6, 6.07) is 15.4. The molecule has 4 aromatic rings. The van der Waals surface area contributed by atoms with E-state index in [0.29, 0.717) is 24.5 Å². The fourth-order valence-corrected chi connectivity index (χ4v) is 6.73. The number of aromatic nitrogens is 4. The molecule has 1 amide bonds. The molecule has 3 N–H and O–H groups in total. The number of amides is 1. The Morgan fingerprint density at radius 3 is 2.77 bits per heavy atom. The molecule has 10 heteroatoms. The van der Waals surface area contributed by atoms with Gasteiger partial charge >= 0.3 is 0 Å². The summed E-state index contributed by atoms with van der Waals surface area (Å²) in [5.41, 5.74) is 12.5. The third kappa shape index (κ3) is 5.36. The highest BCUT2D eigenvalue weighted by molar-refractivity contribution is 5.87. The Morgan fingerprint density at radius 1 is 1.05 bits per heavy atom. The maximum atomic E-state index is 12.0. The van der Waals surface area contributed by atoms with E-state index in [4.69, 9.17) is 20.4 Å². The number of benzene rings is 1. The Bertz CT molecular complexity index is 1650. The molecule has 2 saturated heterocycles. The Hall–Kier alpha value is -4.28. The summed E-state index contributed by atoms with van der Waals surface area (Å²) in [4.78, 5) is 30.7. The molecule has 3 aliphatic rings. The lowest BCUT2D eigenvalue weighted by molar-refractivity contribution is -0.127. The van der Waals surface area contributed by atoms with Gasteiger partial charge in [0.05, 0.1) is 12.2 Å². The lowest BCUT2D eigenvalue weighted by Crippen LogP contribution is -2.45. The van der Waals surface area contributed by atoms with Crippen LogP contribution in [0.2, 0.25) is 0 Å². The molecule has 0 saturated carbocycles. The molecular weight excluding hydrogens is 540 g/mol. The number of likely N-dealkylation sites (tertiary alicyclic amines) is 1. The van der Waals surface area contributed by atoms with E-state index in [0.717, 1.165) is 98.9 Å². The highest BCUT2D eigenvalue weighted by atomic mass is 16.5. The van der Waals surface area contributed by atoms with E-state index in [1.807, 2.05) is 17.0 Å². The van der Waals surface area contributed by atoms with E-state index in [9.17, 15) is 4.79 Å².